The fraction of sp³-hybridized carbons (Fsp3) is 0.600. The molecular formula is C15H24N2O. The van der Waals surface area contributed by atoms with Crippen molar-refractivity contribution in [3.05, 3.63) is 23.8 Å². The van der Waals surface area contributed by atoms with Crippen molar-refractivity contribution in [2.75, 3.05) is 19.4 Å². The summed E-state index contributed by atoms with van der Waals surface area (Å²) in [6.45, 7) is 6.76. The Labute approximate surface area is 110 Å². The molecule has 0 aliphatic carbocycles. The highest BCUT2D eigenvalue weighted by atomic mass is 16.5. The number of hydrogen-bond acceptors (Lipinski definition) is 3. The van der Waals surface area contributed by atoms with Crippen LogP contribution in [0.2, 0.25) is 0 Å². The highest BCUT2D eigenvalue weighted by molar-refractivity contribution is 5.47. The van der Waals surface area contributed by atoms with E-state index >= 15 is 0 Å². The SMILES string of the molecule is COc1ccc(N)cc1CN1CCC(C)CC1C. The van der Waals surface area contributed by atoms with E-state index in [0.717, 1.165) is 23.9 Å². The number of hydrogen-bond donors (Lipinski definition) is 1. The first-order chi connectivity index (χ1) is 8.60. The molecule has 0 radical (unpaired) electrons. The van der Waals surface area contributed by atoms with E-state index in [9.17, 15) is 0 Å². The molecule has 1 saturated heterocycles. The number of benzene rings is 1. The lowest BCUT2D eigenvalue weighted by Gasteiger charge is -2.36. The standard InChI is InChI=1S/C15H24N2O/c1-11-6-7-17(12(2)8-11)10-13-9-14(16)4-5-15(13)18-3/h4-5,9,11-12H,6-8,10,16H2,1-3H3. The zero-order chi connectivity index (χ0) is 13.1. The normalized spacial score (nSPS) is 25.1. The summed E-state index contributed by atoms with van der Waals surface area (Å²) >= 11 is 0. The lowest BCUT2D eigenvalue weighted by molar-refractivity contribution is 0.121. The number of nitrogens with zero attached hydrogens (tertiary/aromatic N) is 1. The molecule has 2 N–H and O–H groups in total. The molecule has 0 spiro atoms. The highest BCUT2D eigenvalue weighted by Gasteiger charge is 2.23. The fourth-order valence-electron chi connectivity index (χ4n) is 2.83. The Morgan fingerprint density at radius 2 is 2.17 bits per heavy atom. The van der Waals surface area contributed by atoms with E-state index in [0.29, 0.717) is 6.04 Å². The van der Waals surface area contributed by atoms with Crippen LogP contribution in [0.15, 0.2) is 18.2 Å². The second kappa shape index (κ2) is 5.61. The van der Waals surface area contributed by atoms with E-state index in [1.165, 1.54) is 24.9 Å². The predicted molar refractivity (Wildman–Crippen MR) is 75.7 cm³/mol. The third-order valence-corrected chi connectivity index (χ3v) is 3.95. The first-order valence-corrected chi connectivity index (χ1v) is 6.76. The van der Waals surface area contributed by atoms with Crippen LogP contribution < -0.4 is 10.5 Å². The van der Waals surface area contributed by atoms with Gasteiger partial charge in [0.15, 0.2) is 0 Å². The van der Waals surface area contributed by atoms with Gasteiger partial charge in [0, 0.05) is 23.8 Å². The zero-order valence-corrected chi connectivity index (χ0v) is 11.6. The van der Waals surface area contributed by atoms with Crippen molar-refractivity contribution in [2.45, 2.75) is 39.3 Å². The molecule has 0 saturated carbocycles. The quantitative estimate of drug-likeness (QED) is 0.836. The summed E-state index contributed by atoms with van der Waals surface area (Å²) in [5.74, 6) is 1.79. The summed E-state index contributed by atoms with van der Waals surface area (Å²) in [6.07, 6.45) is 2.57. The van der Waals surface area contributed by atoms with Crippen molar-refractivity contribution in [1.29, 1.82) is 0 Å². The molecule has 1 fully saturated rings. The van der Waals surface area contributed by atoms with Crippen LogP contribution in [0.5, 0.6) is 5.75 Å². The molecule has 18 heavy (non-hydrogen) atoms. The Bertz CT molecular complexity index is 405. The molecule has 2 atom stereocenters. The third kappa shape index (κ3) is 2.96. The van der Waals surface area contributed by atoms with Crippen molar-refractivity contribution < 1.29 is 4.74 Å². The van der Waals surface area contributed by atoms with Gasteiger partial charge in [-0.3, -0.25) is 4.90 Å². The van der Waals surface area contributed by atoms with Crippen LogP contribution in [0.1, 0.15) is 32.3 Å². The van der Waals surface area contributed by atoms with Crippen LogP contribution in [0, 0.1) is 5.92 Å². The minimum absolute atomic E-state index is 0.639. The van der Waals surface area contributed by atoms with Crippen LogP contribution in [0.3, 0.4) is 0 Å². The predicted octanol–water partition coefficient (Wildman–Crippen LogP) is 2.90. The van der Waals surface area contributed by atoms with Gasteiger partial charge in [-0.15, -0.1) is 0 Å². The van der Waals surface area contributed by atoms with Gasteiger partial charge in [-0.1, -0.05) is 6.92 Å². The molecule has 1 heterocycles. The van der Waals surface area contributed by atoms with E-state index in [-0.39, 0.29) is 0 Å². The van der Waals surface area contributed by atoms with Crippen LogP contribution >= 0.6 is 0 Å². The van der Waals surface area contributed by atoms with E-state index in [4.69, 9.17) is 10.5 Å². The van der Waals surface area contributed by atoms with Gasteiger partial charge in [-0.25, -0.2) is 0 Å². The lowest BCUT2D eigenvalue weighted by Crippen LogP contribution is -2.39. The molecule has 100 valence electrons. The average molecular weight is 248 g/mol. The number of nitrogens with two attached hydrogens (primary N) is 1. The van der Waals surface area contributed by atoms with Crippen molar-refractivity contribution >= 4 is 5.69 Å². The maximum Gasteiger partial charge on any atom is 0.123 e. The van der Waals surface area contributed by atoms with Crippen LogP contribution in [-0.4, -0.2) is 24.6 Å². The zero-order valence-electron chi connectivity index (χ0n) is 11.6. The molecule has 0 bridgehead atoms. The molecule has 2 rings (SSSR count). The number of anilines is 1. The van der Waals surface area contributed by atoms with Crippen LogP contribution in [-0.2, 0) is 6.54 Å². The second-order valence-corrected chi connectivity index (χ2v) is 5.52. The van der Waals surface area contributed by atoms with Gasteiger partial charge in [0.1, 0.15) is 5.75 Å². The van der Waals surface area contributed by atoms with E-state index < -0.39 is 0 Å². The fourth-order valence-corrected chi connectivity index (χ4v) is 2.83. The lowest BCUT2D eigenvalue weighted by atomic mass is 9.93. The van der Waals surface area contributed by atoms with Crippen LogP contribution in [0.4, 0.5) is 5.69 Å². The van der Waals surface area contributed by atoms with Crippen LogP contribution in [0.25, 0.3) is 0 Å². The van der Waals surface area contributed by atoms with Gasteiger partial charge in [-0.2, -0.15) is 0 Å². The molecule has 1 aromatic rings. The Morgan fingerprint density at radius 3 is 2.83 bits per heavy atom. The Hall–Kier alpha value is -1.22. The Kier molecular flexibility index (Phi) is 4.12. The minimum atomic E-state index is 0.639. The summed E-state index contributed by atoms with van der Waals surface area (Å²) in [7, 11) is 1.72. The summed E-state index contributed by atoms with van der Waals surface area (Å²) in [5, 5.41) is 0. The molecular weight excluding hydrogens is 224 g/mol. The first-order valence-electron chi connectivity index (χ1n) is 6.76. The maximum absolute atomic E-state index is 5.87. The molecule has 1 aromatic carbocycles. The molecule has 3 heteroatoms. The molecule has 1 aliphatic heterocycles. The molecule has 1 aliphatic rings. The van der Waals surface area contributed by atoms with Crippen molar-refractivity contribution in [3.63, 3.8) is 0 Å². The number of likely N-dealkylation sites (tertiary alicyclic amines) is 1. The molecule has 0 aromatic heterocycles. The summed E-state index contributed by atoms with van der Waals surface area (Å²) < 4.78 is 5.42. The number of methoxy groups -OCH3 is 1. The smallest absolute Gasteiger partial charge is 0.123 e. The topological polar surface area (TPSA) is 38.5 Å². The summed E-state index contributed by atoms with van der Waals surface area (Å²) in [4.78, 5) is 2.53. The van der Waals surface area contributed by atoms with E-state index in [2.05, 4.69) is 18.7 Å². The van der Waals surface area contributed by atoms with Crippen molar-refractivity contribution in [3.8, 4) is 5.75 Å². The van der Waals surface area contributed by atoms with Gasteiger partial charge in [0.25, 0.3) is 0 Å². The number of rotatable bonds is 3. The average Bonchev–Trinajstić information content (AvgIpc) is 2.33. The maximum atomic E-state index is 5.87. The number of piperidine rings is 1. The number of nitrogen functional groups attached to an aromatic ring is 1. The van der Waals surface area contributed by atoms with Gasteiger partial charge in [0.2, 0.25) is 0 Å². The monoisotopic (exact) mass is 248 g/mol. The third-order valence-electron chi connectivity index (χ3n) is 3.95. The largest absolute Gasteiger partial charge is 0.496 e. The molecule has 0 amide bonds. The second-order valence-electron chi connectivity index (χ2n) is 5.52. The molecule has 2 unspecified atom stereocenters. The van der Waals surface area contributed by atoms with Crippen molar-refractivity contribution in [2.24, 2.45) is 5.92 Å². The van der Waals surface area contributed by atoms with Gasteiger partial charge in [-0.05, 0) is 50.4 Å². The van der Waals surface area contributed by atoms with Gasteiger partial charge >= 0.3 is 0 Å². The van der Waals surface area contributed by atoms with Gasteiger partial charge in [0.05, 0.1) is 7.11 Å². The van der Waals surface area contributed by atoms with Crippen molar-refractivity contribution in [1.82, 2.24) is 4.90 Å². The first kappa shape index (κ1) is 13.2. The summed E-state index contributed by atoms with van der Waals surface area (Å²) in [6, 6.07) is 6.52. The minimum Gasteiger partial charge on any atom is -0.496 e. The van der Waals surface area contributed by atoms with Gasteiger partial charge < -0.3 is 10.5 Å². The number of ether oxygens (including phenoxy) is 1. The summed E-state index contributed by atoms with van der Waals surface area (Å²) in [5.41, 5.74) is 7.87. The Morgan fingerprint density at radius 1 is 1.39 bits per heavy atom. The Balaban J connectivity index is 2.11. The highest BCUT2D eigenvalue weighted by Crippen LogP contribution is 2.27. The molecule has 3 nitrogen and oxygen atoms in total. The van der Waals surface area contributed by atoms with E-state index in [1.807, 2.05) is 18.2 Å². The van der Waals surface area contributed by atoms with E-state index in [1.54, 1.807) is 7.11 Å².